The molecule has 12 heavy (non-hydrogen) atoms. The van der Waals surface area contributed by atoms with E-state index < -0.39 is 0 Å². The SMILES string of the molecule is [CH2]C(=O)c1ccnc2ccsc12. The zero-order valence-corrected chi connectivity index (χ0v) is 7.10. The van der Waals surface area contributed by atoms with Crippen molar-refractivity contribution in [3.05, 3.63) is 36.2 Å². The second kappa shape index (κ2) is 2.68. The van der Waals surface area contributed by atoms with Crippen molar-refractivity contribution in [2.24, 2.45) is 0 Å². The lowest BCUT2D eigenvalue weighted by molar-refractivity contribution is 0.104. The van der Waals surface area contributed by atoms with E-state index in [1.165, 1.54) is 11.3 Å². The van der Waals surface area contributed by atoms with E-state index in [0.29, 0.717) is 5.56 Å². The van der Waals surface area contributed by atoms with E-state index in [4.69, 9.17) is 0 Å². The van der Waals surface area contributed by atoms with Crippen LogP contribution in [0, 0.1) is 6.92 Å². The first-order valence-electron chi connectivity index (χ1n) is 3.47. The van der Waals surface area contributed by atoms with Crippen LogP contribution < -0.4 is 0 Å². The molecule has 0 aliphatic carbocycles. The summed E-state index contributed by atoms with van der Waals surface area (Å²) in [6.07, 6.45) is 1.63. The smallest absolute Gasteiger partial charge is 0.164 e. The molecule has 59 valence electrons. The highest BCUT2D eigenvalue weighted by atomic mass is 32.1. The van der Waals surface area contributed by atoms with Gasteiger partial charge in [-0.2, -0.15) is 0 Å². The van der Waals surface area contributed by atoms with E-state index in [9.17, 15) is 4.79 Å². The van der Waals surface area contributed by atoms with Crippen LogP contribution in [0.5, 0.6) is 0 Å². The number of nitrogens with zero attached hydrogens (tertiary/aromatic N) is 1. The van der Waals surface area contributed by atoms with Gasteiger partial charge in [-0.25, -0.2) is 0 Å². The number of carbonyl (C=O) groups is 1. The van der Waals surface area contributed by atoms with Gasteiger partial charge in [0, 0.05) is 18.7 Å². The van der Waals surface area contributed by atoms with Crippen LogP contribution >= 0.6 is 11.3 Å². The zero-order chi connectivity index (χ0) is 8.55. The van der Waals surface area contributed by atoms with Gasteiger partial charge < -0.3 is 0 Å². The van der Waals surface area contributed by atoms with Crippen LogP contribution in [0.1, 0.15) is 10.4 Å². The largest absolute Gasteiger partial charge is 0.294 e. The lowest BCUT2D eigenvalue weighted by Gasteiger charge is -1.94. The molecule has 1 radical (unpaired) electrons. The molecule has 0 spiro atoms. The van der Waals surface area contributed by atoms with E-state index in [0.717, 1.165) is 10.2 Å². The summed E-state index contributed by atoms with van der Waals surface area (Å²) in [7, 11) is 0. The molecule has 0 fully saturated rings. The molecule has 0 unspecified atom stereocenters. The number of rotatable bonds is 1. The van der Waals surface area contributed by atoms with Crippen LogP contribution in [0.25, 0.3) is 10.2 Å². The normalized spacial score (nSPS) is 10.4. The number of thiophene rings is 1. The van der Waals surface area contributed by atoms with Crippen molar-refractivity contribution >= 4 is 27.3 Å². The summed E-state index contributed by atoms with van der Waals surface area (Å²) in [5.74, 6) is -0.148. The topological polar surface area (TPSA) is 30.0 Å². The summed E-state index contributed by atoms with van der Waals surface area (Å²) in [5, 5.41) is 1.92. The Labute approximate surface area is 73.9 Å². The van der Waals surface area contributed by atoms with Crippen LogP contribution in [-0.4, -0.2) is 10.8 Å². The maximum Gasteiger partial charge on any atom is 0.164 e. The fraction of sp³-hybridized carbons (Fsp3) is 0. The van der Waals surface area contributed by atoms with Gasteiger partial charge in [-0.3, -0.25) is 9.78 Å². The molecule has 2 aromatic rings. The molecule has 0 aliphatic rings. The molecule has 3 heteroatoms. The molecular formula is C9H6NOS. The predicted molar refractivity (Wildman–Crippen MR) is 49.3 cm³/mol. The maximum atomic E-state index is 11.0. The first-order chi connectivity index (χ1) is 5.79. The summed E-state index contributed by atoms with van der Waals surface area (Å²) < 4.78 is 0.928. The van der Waals surface area contributed by atoms with Crippen molar-refractivity contribution in [3.63, 3.8) is 0 Å². The van der Waals surface area contributed by atoms with E-state index in [-0.39, 0.29) is 5.78 Å². The number of Topliss-reactive ketones (excluding diaryl/α,β-unsaturated/α-hetero) is 1. The molecule has 0 N–H and O–H groups in total. The van der Waals surface area contributed by atoms with Gasteiger partial charge in [0.25, 0.3) is 0 Å². The van der Waals surface area contributed by atoms with E-state index in [2.05, 4.69) is 11.9 Å². The maximum absolute atomic E-state index is 11.0. The Bertz CT molecular complexity index is 433. The van der Waals surface area contributed by atoms with Crippen molar-refractivity contribution in [1.82, 2.24) is 4.98 Å². The molecule has 2 heterocycles. The molecule has 0 atom stereocenters. The van der Waals surface area contributed by atoms with Gasteiger partial charge in [0.2, 0.25) is 0 Å². The minimum absolute atomic E-state index is 0.148. The molecule has 0 bridgehead atoms. The Hall–Kier alpha value is -1.22. The second-order valence-corrected chi connectivity index (χ2v) is 3.33. The van der Waals surface area contributed by atoms with Crippen molar-refractivity contribution in [3.8, 4) is 0 Å². The third-order valence-corrected chi connectivity index (χ3v) is 2.58. The molecule has 2 aromatic heterocycles. The number of carbonyl (C=O) groups excluding carboxylic acids is 1. The third-order valence-electron chi connectivity index (χ3n) is 1.64. The van der Waals surface area contributed by atoms with Crippen molar-refractivity contribution < 1.29 is 4.79 Å². The quantitative estimate of drug-likeness (QED) is 0.624. The summed E-state index contributed by atoms with van der Waals surface area (Å²) in [6, 6.07) is 3.60. The van der Waals surface area contributed by atoms with Crippen LogP contribution in [0.4, 0.5) is 0 Å². The van der Waals surface area contributed by atoms with Gasteiger partial charge in [-0.1, -0.05) is 0 Å². The van der Waals surface area contributed by atoms with Crippen LogP contribution in [0.3, 0.4) is 0 Å². The first kappa shape index (κ1) is 7.43. The molecule has 0 saturated carbocycles. The van der Waals surface area contributed by atoms with Gasteiger partial charge >= 0.3 is 0 Å². The van der Waals surface area contributed by atoms with Gasteiger partial charge in [-0.15, -0.1) is 11.3 Å². The lowest BCUT2D eigenvalue weighted by Crippen LogP contribution is -1.92. The van der Waals surface area contributed by atoms with Crippen molar-refractivity contribution in [2.45, 2.75) is 0 Å². The number of hydrogen-bond donors (Lipinski definition) is 0. The van der Waals surface area contributed by atoms with Crippen molar-refractivity contribution in [1.29, 1.82) is 0 Å². The van der Waals surface area contributed by atoms with Gasteiger partial charge in [-0.05, 0) is 17.5 Å². The highest BCUT2D eigenvalue weighted by Gasteiger charge is 2.06. The van der Waals surface area contributed by atoms with E-state index >= 15 is 0 Å². The summed E-state index contributed by atoms with van der Waals surface area (Å²) in [5.41, 5.74) is 1.53. The molecule has 2 nitrogen and oxygen atoms in total. The Morgan fingerprint density at radius 2 is 2.33 bits per heavy atom. The minimum Gasteiger partial charge on any atom is -0.294 e. The van der Waals surface area contributed by atoms with E-state index in [1.54, 1.807) is 12.3 Å². The molecule has 0 saturated heterocycles. The molecule has 0 amide bonds. The molecule has 0 aromatic carbocycles. The van der Waals surface area contributed by atoms with Gasteiger partial charge in [0.15, 0.2) is 5.78 Å². The predicted octanol–water partition coefficient (Wildman–Crippen LogP) is 2.31. The number of aromatic nitrogens is 1. The first-order valence-corrected chi connectivity index (χ1v) is 4.35. The Morgan fingerprint density at radius 1 is 1.50 bits per heavy atom. The molecule has 0 aliphatic heterocycles. The molecule has 2 rings (SSSR count). The monoisotopic (exact) mass is 176 g/mol. The fourth-order valence-corrected chi connectivity index (χ4v) is 1.98. The number of pyridine rings is 1. The van der Waals surface area contributed by atoms with Crippen molar-refractivity contribution in [2.75, 3.05) is 0 Å². The molecular weight excluding hydrogens is 170 g/mol. The highest BCUT2D eigenvalue weighted by molar-refractivity contribution is 7.17. The summed E-state index contributed by atoms with van der Waals surface area (Å²) >= 11 is 1.52. The highest BCUT2D eigenvalue weighted by Crippen LogP contribution is 2.22. The number of hydrogen-bond acceptors (Lipinski definition) is 3. The fourth-order valence-electron chi connectivity index (χ4n) is 1.09. The summed E-state index contributed by atoms with van der Waals surface area (Å²) in [4.78, 5) is 15.1. The Kier molecular flexibility index (Phi) is 1.66. The van der Waals surface area contributed by atoms with E-state index in [1.807, 2.05) is 11.4 Å². The van der Waals surface area contributed by atoms with Crippen LogP contribution in [0.2, 0.25) is 0 Å². The van der Waals surface area contributed by atoms with Crippen LogP contribution in [-0.2, 0) is 0 Å². The average Bonchev–Trinajstić information content (AvgIpc) is 2.49. The summed E-state index contributed by atoms with van der Waals surface area (Å²) in [6.45, 7) is 3.38. The Balaban J connectivity index is 2.82. The number of ketones is 1. The zero-order valence-electron chi connectivity index (χ0n) is 6.28. The van der Waals surface area contributed by atoms with Gasteiger partial charge in [0.1, 0.15) is 0 Å². The van der Waals surface area contributed by atoms with Gasteiger partial charge in [0.05, 0.1) is 10.2 Å². The second-order valence-electron chi connectivity index (χ2n) is 2.42. The lowest BCUT2D eigenvalue weighted by atomic mass is 10.2. The number of fused-ring (bicyclic) bond motifs is 1. The Morgan fingerprint density at radius 3 is 3.08 bits per heavy atom. The van der Waals surface area contributed by atoms with Crippen LogP contribution in [0.15, 0.2) is 23.7 Å². The minimum atomic E-state index is -0.148. The standard InChI is InChI=1S/C9H6NOS/c1-6(11)7-2-4-10-8-3-5-12-9(7)8/h2-5H,1H2. The average molecular weight is 176 g/mol. The third kappa shape index (κ3) is 1.02.